The molecule has 0 radical (unpaired) electrons. The van der Waals surface area contributed by atoms with Crippen LogP contribution >= 0.6 is 0 Å². The first-order chi connectivity index (χ1) is 7.16. The zero-order chi connectivity index (χ0) is 10.8. The van der Waals surface area contributed by atoms with Crippen molar-refractivity contribution in [3.63, 3.8) is 0 Å². The molecule has 0 saturated heterocycles. The summed E-state index contributed by atoms with van der Waals surface area (Å²) in [4.78, 5) is 12.7. The van der Waals surface area contributed by atoms with Crippen LogP contribution in [0.1, 0.15) is 35.5 Å². The lowest BCUT2D eigenvalue weighted by Crippen LogP contribution is -2.36. The Labute approximate surface area is 87.7 Å². The fourth-order valence-corrected chi connectivity index (χ4v) is 1.69. The normalized spacial score (nSPS) is 16.7. The molecule has 5 nitrogen and oxygen atoms in total. The Morgan fingerprint density at radius 3 is 2.93 bits per heavy atom. The number of carboxylic acid groups (broad SMARTS) is 1. The van der Waals surface area contributed by atoms with Gasteiger partial charge in [-0.3, -0.25) is 4.90 Å². The zero-order valence-electron chi connectivity index (χ0n) is 8.64. The van der Waals surface area contributed by atoms with Gasteiger partial charge in [0.05, 0.1) is 6.54 Å². The fraction of sp³-hybridized carbons (Fsp3) is 0.600. The Bertz CT molecular complexity index is 357. The van der Waals surface area contributed by atoms with Crippen molar-refractivity contribution in [2.75, 3.05) is 7.05 Å². The smallest absolute Gasteiger partial charge is 0.358 e. The van der Waals surface area contributed by atoms with Crippen LogP contribution in [0.15, 0.2) is 10.6 Å². The molecular weight excluding hydrogens is 196 g/mol. The second-order valence-electron chi connectivity index (χ2n) is 3.98. The zero-order valence-corrected chi connectivity index (χ0v) is 8.64. The van der Waals surface area contributed by atoms with Crippen LogP contribution in [0.25, 0.3) is 0 Å². The summed E-state index contributed by atoms with van der Waals surface area (Å²) in [6.07, 6.45) is 3.72. The lowest BCUT2D eigenvalue weighted by atomic mass is 9.92. The minimum absolute atomic E-state index is 0.0213. The summed E-state index contributed by atoms with van der Waals surface area (Å²) in [5.74, 6) is -0.432. The van der Waals surface area contributed by atoms with E-state index in [4.69, 9.17) is 9.63 Å². The van der Waals surface area contributed by atoms with Crippen LogP contribution in [0.3, 0.4) is 0 Å². The summed E-state index contributed by atoms with van der Waals surface area (Å²) < 4.78 is 4.94. The van der Waals surface area contributed by atoms with Crippen molar-refractivity contribution in [3.8, 4) is 0 Å². The van der Waals surface area contributed by atoms with Gasteiger partial charge in [-0.05, 0) is 19.9 Å². The predicted molar refractivity (Wildman–Crippen MR) is 52.6 cm³/mol. The number of hydrogen-bond acceptors (Lipinski definition) is 4. The van der Waals surface area contributed by atoms with Crippen molar-refractivity contribution in [1.29, 1.82) is 0 Å². The molecule has 1 aliphatic carbocycles. The van der Waals surface area contributed by atoms with E-state index < -0.39 is 5.97 Å². The van der Waals surface area contributed by atoms with Crippen molar-refractivity contribution in [1.82, 2.24) is 10.1 Å². The number of aromatic carboxylic acids is 1. The van der Waals surface area contributed by atoms with E-state index in [0.717, 1.165) is 0 Å². The van der Waals surface area contributed by atoms with E-state index in [-0.39, 0.29) is 5.69 Å². The number of nitrogens with zero attached hydrogens (tertiary/aromatic N) is 2. The van der Waals surface area contributed by atoms with Crippen molar-refractivity contribution in [2.45, 2.75) is 31.8 Å². The molecule has 1 aromatic rings. The van der Waals surface area contributed by atoms with Gasteiger partial charge in [0, 0.05) is 12.1 Å². The standard InChI is InChI=1S/C10H14N2O3/c1-12(7-3-2-4-7)6-8-5-9(10(13)14)11-15-8/h5,7H,2-4,6H2,1H3,(H,13,14). The first kappa shape index (κ1) is 10.2. The highest BCUT2D eigenvalue weighted by Gasteiger charge is 2.23. The highest BCUT2D eigenvalue weighted by Crippen LogP contribution is 2.24. The Morgan fingerprint density at radius 1 is 1.73 bits per heavy atom. The molecule has 1 heterocycles. The molecule has 15 heavy (non-hydrogen) atoms. The molecule has 0 amide bonds. The molecule has 0 unspecified atom stereocenters. The summed E-state index contributed by atoms with van der Waals surface area (Å²) in [7, 11) is 2.02. The van der Waals surface area contributed by atoms with E-state index in [1.807, 2.05) is 7.05 Å². The van der Waals surface area contributed by atoms with Crippen LogP contribution in [0.4, 0.5) is 0 Å². The lowest BCUT2D eigenvalue weighted by Gasteiger charge is -2.33. The van der Waals surface area contributed by atoms with Gasteiger partial charge < -0.3 is 9.63 Å². The maximum atomic E-state index is 10.6. The second-order valence-corrected chi connectivity index (χ2v) is 3.98. The van der Waals surface area contributed by atoms with Crippen LogP contribution in [-0.2, 0) is 6.54 Å². The quantitative estimate of drug-likeness (QED) is 0.812. The minimum Gasteiger partial charge on any atom is -0.476 e. The van der Waals surface area contributed by atoms with Gasteiger partial charge in [0.25, 0.3) is 0 Å². The van der Waals surface area contributed by atoms with E-state index in [1.165, 1.54) is 25.3 Å². The molecule has 1 N–H and O–H groups in total. The topological polar surface area (TPSA) is 66.6 Å². The van der Waals surface area contributed by atoms with Crippen LogP contribution in [0, 0.1) is 0 Å². The summed E-state index contributed by atoms with van der Waals surface area (Å²) >= 11 is 0. The lowest BCUT2D eigenvalue weighted by molar-refractivity contribution is 0.0685. The summed E-state index contributed by atoms with van der Waals surface area (Å²) in [5, 5.41) is 12.1. The largest absolute Gasteiger partial charge is 0.476 e. The first-order valence-electron chi connectivity index (χ1n) is 5.06. The average Bonchev–Trinajstić information content (AvgIpc) is 2.48. The van der Waals surface area contributed by atoms with Crippen molar-refractivity contribution >= 4 is 5.97 Å². The number of carboxylic acids is 1. The summed E-state index contributed by atoms with van der Waals surface area (Å²) in [5.41, 5.74) is -0.0213. The maximum absolute atomic E-state index is 10.6. The van der Waals surface area contributed by atoms with Crippen LogP contribution in [-0.4, -0.2) is 34.2 Å². The molecule has 1 aliphatic rings. The van der Waals surface area contributed by atoms with Gasteiger partial charge in [-0.15, -0.1) is 0 Å². The number of aromatic nitrogens is 1. The molecule has 0 bridgehead atoms. The van der Waals surface area contributed by atoms with Crippen molar-refractivity contribution in [2.24, 2.45) is 0 Å². The van der Waals surface area contributed by atoms with E-state index in [2.05, 4.69) is 10.1 Å². The number of carbonyl (C=O) groups is 1. The van der Waals surface area contributed by atoms with Gasteiger partial charge in [0.1, 0.15) is 0 Å². The third-order valence-corrected chi connectivity index (χ3v) is 2.88. The van der Waals surface area contributed by atoms with E-state index >= 15 is 0 Å². The fourth-order valence-electron chi connectivity index (χ4n) is 1.69. The number of hydrogen-bond donors (Lipinski definition) is 1. The van der Waals surface area contributed by atoms with Gasteiger partial charge in [-0.2, -0.15) is 0 Å². The van der Waals surface area contributed by atoms with Crippen LogP contribution in [0.5, 0.6) is 0 Å². The molecular formula is C10H14N2O3. The Balaban J connectivity index is 1.94. The van der Waals surface area contributed by atoms with Gasteiger partial charge in [-0.25, -0.2) is 4.79 Å². The molecule has 1 fully saturated rings. The molecule has 0 aromatic carbocycles. The second kappa shape index (κ2) is 4.02. The minimum atomic E-state index is -1.05. The highest BCUT2D eigenvalue weighted by atomic mass is 16.5. The monoisotopic (exact) mass is 210 g/mol. The molecule has 0 atom stereocenters. The van der Waals surface area contributed by atoms with E-state index in [0.29, 0.717) is 18.3 Å². The Hall–Kier alpha value is -1.36. The van der Waals surface area contributed by atoms with Crippen LogP contribution < -0.4 is 0 Å². The van der Waals surface area contributed by atoms with Gasteiger partial charge in [0.2, 0.25) is 0 Å². The SMILES string of the molecule is CN(Cc1cc(C(=O)O)no1)C1CCC1. The molecule has 5 heteroatoms. The Morgan fingerprint density at radius 2 is 2.47 bits per heavy atom. The maximum Gasteiger partial charge on any atom is 0.358 e. The number of rotatable bonds is 4. The van der Waals surface area contributed by atoms with Crippen molar-refractivity contribution in [3.05, 3.63) is 17.5 Å². The molecule has 82 valence electrons. The molecule has 2 rings (SSSR count). The van der Waals surface area contributed by atoms with Crippen molar-refractivity contribution < 1.29 is 14.4 Å². The molecule has 0 spiro atoms. The first-order valence-corrected chi connectivity index (χ1v) is 5.06. The third kappa shape index (κ3) is 2.18. The van der Waals surface area contributed by atoms with Gasteiger partial charge >= 0.3 is 5.97 Å². The third-order valence-electron chi connectivity index (χ3n) is 2.88. The molecule has 0 aliphatic heterocycles. The van der Waals surface area contributed by atoms with E-state index in [1.54, 1.807) is 0 Å². The van der Waals surface area contributed by atoms with E-state index in [9.17, 15) is 4.79 Å². The summed E-state index contributed by atoms with van der Waals surface area (Å²) in [6, 6.07) is 2.10. The predicted octanol–water partition coefficient (Wildman–Crippen LogP) is 1.36. The molecule has 1 aromatic heterocycles. The highest BCUT2D eigenvalue weighted by molar-refractivity contribution is 5.85. The van der Waals surface area contributed by atoms with Crippen LogP contribution in [0.2, 0.25) is 0 Å². The van der Waals surface area contributed by atoms with Gasteiger partial charge in [-0.1, -0.05) is 11.6 Å². The summed E-state index contributed by atoms with van der Waals surface area (Å²) in [6.45, 7) is 0.630. The molecule has 1 saturated carbocycles. The van der Waals surface area contributed by atoms with Gasteiger partial charge in [0.15, 0.2) is 11.5 Å². The average molecular weight is 210 g/mol. The Kier molecular flexibility index (Phi) is 2.73.